The van der Waals surface area contributed by atoms with E-state index in [9.17, 15) is 15.0 Å². The standard InChI is InChI=1S/C24H40O4/c1-14(4-7-22(27)28)17-5-6-18-16-13-21(26)20-12-15(25)8-10-24(20,3)19(16)9-11-23(17,18)2/h14-21,25-26H,4-13H2,1-3H3,(H,27,28)/t14-,15-,16+,17-,18+,19+,20?,21+,23-,24?/m1/s1. The summed E-state index contributed by atoms with van der Waals surface area (Å²) in [6.07, 6.45) is 9.16. The lowest BCUT2D eigenvalue weighted by atomic mass is 9.44. The van der Waals surface area contributed by atoms with Gasteiger partial charge in [0.1, 0.15) is 0 Å². The predicted molar refractivity (Wildman–Crippen MR) is 109 cm³/mol. The third-order valence-electron chi connectivity index (χ3n) is 10.2. The fourth-order valence-corrected chi connectivity index (χ4v) is 8.81. The number of fused-ring (bicyclic) bond motifs is 5. The Balaban J connectivity index is 1.55. The number of hydrogen-bond acceptors (Lipinski definition) is 3. The molecule has 0 heterocycles. The van der Waals surface area contributed by atoms with Gasteiger partial charge in [0.25, 0.3) is 0 Å². The summed E-state index contributed by atoms with van der Waals surface area (Å²) < 4.78 is 0. The van der Waals surface area contributed by atoms with Gasteiger partial charge in [-0.1, -0.05) is 20.8 Å². The molecular weight excluding hydrogens is 352 g/mol. The van der Waals surface area contributed by atoms with Gasteiger partial charge < -0.3 is 15.3 Å². The van der Waals surface area contributed by atoms with Crippen LogP contribution in [-0.2, 0) is 4.79 Å². The molecule has 4 fully saturated rings. The molecule has 0 spiro atoms. The van der Waals surface area contributed by atoms with Gasteiger partial charge in [-0.05, 0) is 104 Å². The molecule has 3 N–H and O–H groups in total. The van der Waals surface area contributed by atoms with E-state index < -0.39 is 5.97 Å². The molecule has 4 heteroatoms. The number of hydrogen-bond donors (Lipinski definition) is 3. The fraction of sp³-hybridized carbons (Fsp3) is 0.958. The Morgan fingerprint density at radius 2 is 1.64 bits per heavy atom. The lowest BCUT2D eigenvalue weighted by Gasteiger charge is -2.62. The van der Waals surface area contributed by atoms with E-state index >= 15 is 0 Å². The molecular formula is C24H40O4. The van der Waals surface area contributed by atoms with Crippen molar-refractivity contribution < 1.29 is 20.1 Å². The molecule has 0 aromatic heterocycles. The van der Waals surface area contributed by atoms with Crippen molar-refractivity contribution in [1.82, 2.24) is 0 Å². The maximum Gasteiger partial charge on any atom is 0.303 e. The van der Waals surface area contributed by atoms with Crippen LogP contribution in [-0.4, -0.2) is 33.5 Å². The summed E-state index contributed by atoms with van der Waals surface area (Å²) in [7, 11) is 0. The molecule has 0 aromatic carbocycles. The zero-order valence-corrected chi connectivity index (χ0v) is 17.9. The lowest BCUT2D eigenvalue weighted by Crippen LogP contribution is -2.58. The Labute approximate surface area is 170 Å². The first-order valence-electron chi connectivity index (χ1n) is 11.7. The Kier molecular flexibility index (Phi) is 5.36. The van der Waals surface area contributed by atoms with Gasteiger partial charge in [-0.2, -0.15) is 0 Å². The van der Waals surface area contributed by atoms with Gasteiger partial charge >= 0.3 is 5.97 Å². The molecule has 4 saturated carbocycles. The Morgan fingerprint density at radius 3 is 2.36 bits per heavy atom. The number of carboxylic acids is 1. The molecule has 2 unspecified atom stereocenters. The number of aliphatic hydroxyl groups is 2. The molecule has 0 saturated heterocycles. The van der Waals surface area contributed by atoms with Crippen molar-refractivity contribution in [2.24, 2.45) is 46.3 Å². The molecule has 0 aliphatic heterocycles. The normalized spacial score (nSPS) is 51.7. The van der Waals surface area contributed by atoms with E-state index in [1.54, 1.807) is 0 Å². The average Bonchev–Trinajstić information content (AvgIpc) is 2.99. The smallest absolute Gasteiger partial charge is 0.303 e. The Morgan fingerprint density at radius 1 is 0.964 bits per heavy atom. The van der Waals surface area contributed by atoms with E-state index in [-0.39, 0.29) is 30.0 Å². The third-order valence-corrected chi connectivity index (χ3v) is 10.2. The quantitative estimate of drug-likeness (QED) is 0.659. The van der Waals surface area contributed by atoms with Crippen LogP contribution in [0.15, 0.2) is 0 Å². The molecule has 4 rings (SSSR count). The largest absolute Gasteiger partial charge is 0.481 e. The first kappa shape index (κ1) is 20.7. The van der Waals surface area contributed by atoms with E-state index in [1.165, 1.54) is 25.7 Å². The summed E-state index contributed by atoms with van der Waals surface area (Å²) in [6.45, 7) is 7.16. The number of aliphatic hydroxyl groups excluding tert-OH is 2. The van der Waals surface area contributed by atoms with Crippen molar-refractivity contribution in [1.29, 1.82) is 0 Å². The Bertz CT molecular complexity index is 605. The van der Waals surface area contributed by atoms with Gasteiger partial charge in [0.2, 0.25) is 0 Å². The predicted octanol–water partition coefficient (Wildman–Crippen LogP) is 4.48. The number of carbonyl (C=O) groups is 1. The molecule has 0 bridgehead atoms. The highest BCUT2D eigenvalue weighted by Gasteiger charge is 2.62. The maximum absolute atomic E-state index is 11.1. The van der Waals surface area contributed by atoms with Crippen LogP contribution in [0, 0.1) is 46.3 Å². The van der Waals surface area contributed by atoms with Gasteiger partial charge in [0, 0.05) is 6.42 Å². The molecule has 4 aliphatic carbocycles. The van der Waals surface area contributed by atoms with E-state index in [1.807, 2.05) is 0 Å². The van der Waals surface area contributed by atoms with Crippen molar-refractivity contribution >= 4 is 5.97 Å². The topological polar surface area (TPSA) is 77.8 Å². The highest BCUT2D eigenvalue weighted by atomic mass is 16.4. The highest BCUT2D eigenvalue weighted by molar-refractivity contribution is 5.66. The van der Waals surface area contributed by atoms with Crippen LogP contribution in [0.5, 0.6) is 0 Å². The van der Waals surface area contributed by atoms with Gasteiger partial charge in [-0.3, -0.25) is 4.79 Å². The molecule has 0 amide bonds. The zero-order valence-electron chi connectivity index (χ0n) is 17.9. The second-order valence-electron chi connectivity index (χ2n) is 11.4. The minimum Gasteiger partial charge on any atom is -0.481 e. The maximum atomic E-state index is 11.1. The zero-order chi connectivity index (χ0) is 20.3. The van der Waals surface area contributed by atoms with E-state index in [0.717, 1.165) is 32.1 Å². The van der Waals surface area contributed by atoms with Gasteiger partial charge in [-0.15, -0.1) is 0 Å². The van der Waals surface area contributed by atoms with Crippen LogP contribution in [0.4, 0.5) is 0 Å². The fourth-order valence-electron chi connectivity index (χ4n) is 8.81. The van der Waals surface area contributed by atoms with Crippen LogP contribution in [0.1, 0.15) is 85.0 Å². The van der Waals surface area contributed by atoms with Crippen LogP contribution >= 0.6 is 0 Å². The van der Waals surface area contributed by atoms with Crippen molar-refractivity contribution in [2.45, 2.75) is 97.2 Å². The highest BCUT2D eigenvalue weighted by Crippen LogP contribution is 2.68. The number of aliphatic carboxylic acids is 1. The molecule has 160 valence electrons. The van der Waals surface area contributed by atoms with Gasteiger partial charge in [-0.25, -0.2) is 0 Å². The summed E-state index contributed by atoms with van der Waals surface area (Å²) in [5.74, 6) is 2.61. The SMILES string of the molecule is C[C@H](CCC(=O)O)[C@H]1CC[C@H]2[C@@H]3C[C@H](O)C4C[C@H](O)CCC4(C)[C@H]3CC[C@]12C. The summed E-state index contributed by atoms with van der Waals surface area (Å²) in [6, 6.07) is 0. The van der Waals surface area contributed by atoms with Crippen LogP contribution in [0.25, 0.3) is 0 Å². The molecule has 4 aliphatic rings. The van der Waals surface area contributed by atoms with Crippen molar-refractivity contribution in [2.75, 3.05) is 0 Å². The molecule has 0 radical (unpaired) electrons. The lowest BCUT2D eigenvalue weighted by molar-refractivity contribution is -0.172. The summed E-state index contributed by atoms with van der Waals surface area (Å²) >= 11 is 0. The molecule has 28 heavy (non-hydrogen) atoms. The molecule has 0 aromatic rings. The minimum absolute atomic E-state index is 0.176. The van der Waals surface area contributed by atoms with E-state index in [2.05, 4.69) is 20.8 Å². The number of carboxylic acid groups (broad SMARTS) is 1. The van der Waals surface area contributed by atoms with Crippen LogP contribution in [0.3, 0.4) is 0 Å². The monoisotopic (exact) mass is 392 g/mol. The van der Waals surface area contributed by atoms with E-state index in [0.29, 0.717) is 35.0 Å². The summed E-state index contributed by atoms with van der Waals surface area (Å²) in [5.41, 5.74) is 0.478. The third kappa shape index (κ3) is 3.14. The van der Waals surface area contributed by atoms with Crippen molar-refractivity contribution in [3.05, 3.63) is 0 Å². The van der Waals surface area contributed by atoms with Crippen LogP contribution < -0.4 is 0 Å². The van der Waals surface area contributed by atoms with Crippen molar-refractivity contribution in [3.63, 3.8) is 0 Å². The summed E-state index contributed by atoms with van der Waals surface area (Å²) in [4.78, 5) is 11.1. The first-order valence-corrected chi connectivity index (χ1v) is 11.7. The Hall–Kier alpha value is -0.610. The molecule has 4 nitrogen and oxygen atoms in total. The van der Waals surface area contributed by atoms with Gasteiger partial charge in [0.15, 0.2) is 0 Å². The number of rotatable bonds is 4. The van der Waals surface area contributed by atoms with Crippen LogP contribution in [0.2, 0.25) is 0 Å². The first-order chi connectivity index (χ1) is 13.2. The summed E-state index contributed by atoms with van der Waals surface area (Å²) in [5, 5.41) is 30.4. The van der Waals surface area contributed by atoms with E-state index in [4.69, 9.17) is 5.11 Å². The second-order valence-corrected chi connectivity index (χ2v) is 11.4. The van der Waals surface area contributed by atoms with Gasteiger partial charge in [0.05, 0.1) is 12.2 Å². The molecule has 10 atom stereocenters. The minimum atomic E-state index is -0.677. The average molecular weight is 393 g/mol. The van der Waals surface area contributed by atoms with Crippen molar-refractivity contribution in [3.8, 4) is 0 Å². The second kappa shape index (κ2) is 7.27.